The van der Waals surface area contributed by atoms with Crippen molar-refractivity contribution in [1.29, 1.82) is 0 Å². The molecule has 3 aromatic carbocycles. The average molecular weight is 599 g/mol. The molecule has 45 heavy (non-hydrogen) atoms. The van der Waals surface area contributed by atoms with Crippen LogP contribution in [0.4, 0.5) is 4.39 Å². The monoisotopic (exact) mass is 598 g/mol. The predicted octanol–water partition coefficient (Wildman–Crippen LogP) is 7.49. The van der Waals surface area contributed by atoms with Crippen LogP contribution in [0.2, 0.25) is 0 Å². The summed E-state index contributed by atoms with van der Waals surface area (Å²) in [6, 6.07) is 26.8. The highest BCUT2D eigenvalue weighted by Gasteiger charge is 2.16. The topological polar surface area (TPSA) is 92.0 Å². The van der Waals surface area contributed by atoms with Crippen LogP contribution in [0.25, 0.3) is 55.6 Å². The van der Waals surface area contributed by atoms with Gasteiger partial charge in [-0.05, 0) is 67.2 Å². The summed E-state index contributed by atoms with van der Waals surface area (Å²) < 4.78 is 26.5. The lowest BCUT2D eigenvalue weighted by Crippen LogP contribution is -2.19. The first-order chi connectivity index (χ1) is 22.0. The number of aromatic nitrogens is 5. The van der Waals surface area contributed by atoms with Crippen LogP contribution >= 0.6 is 0 Å². The van der Waals surface area contributed by atoms with Crippen molar-refractivity contribution in [3.8, 4) is 45.3 Å². The molecule has 7 aromatic rings. The van der Waals surface area contributed by atoms with E-state index >= 15 is 0 Å². The molecule has 4 aromatic heterocycles. The zero-order valence-corrected chi connectivity index (χ0v) is 24.9. The minimum Gasteiger partial charge on any atom is -0.492 e. The number of nitrogens with zero attached hydrogens (tertiary/aromatic N) is 4. The Morgan fingerprint density at radius 3 is 2.51 bits per heavy atom. The quantitative estimate of drug-likeness (QED) is 0.170. The maximum atomic E-state index is 14.7. The van der Waals surface area contributed by atoms with E-state index in [1.807, 2.05) is 85.7 Å². The lowest BCUT2D eigenvalue weighted by atomic mass is 10.0. The number of rotatable bonds is 10. The second kappa shape index (κ2) is 12.2. The Hall–Kier alpha value is -5.54. The molecule has 9 heteroatoms. The molecule has 0 saturated heterocycles. The van der Waals surface area contributed by atoms with Gasteiger partial charge in [0, 0.05) is 40.7 Å². The van der Waals surface area contributed by atoms with Crippen molar-refractivity contribution in [3.05, 3.63) is 115 Å². The second-order valence-electron chi connectivity index (χ2n) is 11.1. The summed E-state index contributed by atoms with van der Waals surface area (Å²) in [6.07, 6.45) is 5.25. The molecular formula is C36H31FN6O2. The minimum absolute atomic E-state index is 0.345. The number of hydrogen-bond donors (Lipinski definition) is 2. The number of benzene rings is 3. The number of aromatic amines is 2. The van der Waals surface area contributed by atoms with Crippen molar-refractivity contribution in [3.63, 3.8) is 0 Å². The van der Waals surface area contributed by atoms with E-state index in [1.54, 1.807) is 18.6 Å². The first kappa shape index (κ1) is 28.2. The van der Waals surface area contributed by atoms with Crippen molar-refractivity contribution < 1.29 is 13.9 Å². The fraction of sp³-hybridized carbons (Fsp3) is 0.139. The highest BCUT2D eigenvalue weighted by Crippen LogP contribution is 2.36. The van der Waals surface area contributed by atoms with E-state index in [-0.39, 0.29) is 5.82 Å². The molecule has 0 spiro atoms. The molecular weight excluding hydrogens is 567 g/mol. The van der Waals surface area contributed by atoms with E-state index in [0.29, 0.717) is 24.7 Å². The number of likely N-dealkylation sites (N-methyl/N-ethyl adjacent to an activating group) is 1. The molecule has 0 bridgehead atoms. The maximum absolute atomic E-state index is 14.7. The van der Waals surface area contributed by atoms with Crippen LogP contribution in [0.5, 0.6) is 11.5 Å². The molecule has 0 aliphatic rings. The summed E-state index contributed by atoms with van der Waals surface area (Å²) in [5, 5.41) is 9.60. The molecule has 7 rings (SSSR count). The van der Waals surface area contributed by atoms with Crippen LogP contribution in [-0.4, -0.2) is 57.3 Å². The van der Waals surface area contributed by atoms with Crippen molar-refractivity contribution in [2.24, 2.45) is 0 Å². The highest BCUT2D eigenvalue weighted by atomic mass is 19.1. The SMILES string of the molecule is CN(C)CCOc1cc(F)cc(-c2cccc3[nH]c(-c4n[nH]c5cnc(-c6cncc(OCc7ccccc7)c6)cc45)cc23)c1. The van der Waals surface area contributed by atoms with Crippen molar-refractivity contribution in [1.82, 2.24) is 30.0 Å². The fourth-order valence-electron chi connectivity index (χ4n) is 5.34. The molecule has 224 valence electrons. The highest BCUT2D eigenvalue weighted by molar-refractivity contribution is 6.01. The van der Waals surface area contributed by atoms with Crippen molar-refractivity contribution in [2.75, 3.05) is 27.2 Å². The van der Waals surface area contributed by atoms with Gasteiger partial charge in [-0.3, -0.25) is 15.1 Å². The van der Waals surface area contributed by atoms with Gasteiger partial charge in [0.1, 0.15) is 36.2 Å². The predicted molar refractivity (Wildman–Crippen MR) is 175 cm³/mol. The molecule has 0 radical (unpaired) electrons. The summed E-state index contributed by atoms with van der Waals surface area (Å²) in [7, 11) is 3.95. The smallest absolute Gasteiger partial charge is 0.138 e. The van der Waals surface area contributed by atoms with Crippen LogP contribution in [0.1, 0.15) is 5.56 Å². The first-order valence-corrected chi connectivity index (χ1v) is 14.7. The van der Waals surface area contributed by atoms with Gasteiger partial charge < -0.3 is 19.4 Å². The van der Waals surface area contributed by atoms with Gasteiger partial charge in [-0.25, -0.2) is 4.39 Å². The van der Waals surface area contributed by atoms with Gasteiger partial charge in [-0.2, -0.15) is 5.10 Å². The van der Waals surface area contributed by atoms with E-state index in [2.05, 4.69) is 31.2 Å². The molecule has 0 aliphatic heterocycles. The van der Waals surface area contributed by atoms with Crippen LogP contribution in [0.15, 0.2) is 104 Å². The molecule has 2 N–H and O–H groups in total. The zero-order chi connectivity index (χ0) is 30.8. The molecule has 0 fully saturated rings. The first-order valence-electron chi connectivity index (χ1n) is 14.7. The Kier molecular flexibility index (Phi) is 7.67. The number of nitrogens with one attached hydrogen (secondary N) is 2. The standard InChI is InChI=1S/C36H31FN6O2/c1-43(2)11-12-44-27-14-24(13-26(37)16-27)29-9-6-10-32-30(29)17-34(40-32)36-31-18-33(39-21-35(31)41-42-36)25-15-28(20-38-19-25)45-22-23-7-4-3-5-8-23/h3-10,13-21,40H,11-12,22H2,1-2H3,(H,41,42). The van der Waals surface area contributed by atoms with E-state index in [0.717, 1.165) is 67.7 Å². The van der Waals surface area contributed by atoms with E-state index in [9.17, 15) is 4.39 Å². The number of H-pyrrole nitrogens is 2. The van der Waals surface area contributed by atoms with Crippen LogP contribution in [-0.2, 0) is 6.61 Å². The summed E-state index contributed by atoms with van der Waals surface area (Å²) in [4.78, 5) is 14.6. The Bertz CT molecular complexity index is 2100. The Balaban J connectivity index is 1.20. The zero-order valence-electron chi connectivity index (χ0n) is 24.9. The largest absolute Gasteiger partial charge is 0.492 e. The second-order valence-corrected chi connectivity index (χ2v) is 11.1. The third-order valence-electron chi connectivity index (χ3n) is 7.61. The Morgan fingerprint density at radius 2 is 1.64 bits per heavy atom. The number of pyridine rings is 2. The normalized spacial score (nSPS) is 11.5. The van der Waals surface area contributed by atoms with Gasteiger partial charge in [-0.1, -0.05) is 42.5 Å². The summed E-state index contributed by atoms with van der Waals surface area (Å²) in [5.41, 5.74) is 7.62. The van der Waals surface area contributed by atoms with Gasteiger partial charge in [0.05, 0.1) is 29.3 Å². The van der Waals surface area contributed by atoms with E-state index in [4.69, 9.17) is 9.47 Å². The van der Waals surface area contributed by atoms with Crippen LogP contribution < -0.4 is 9.47 Å². The fourth-order valence-corrected chi connectivity index (χ4v) is 5.34. The van der Waals surface area contributed by atoms with Gasteiger partial charge in [-0.15, -0.1) is 0 Å². The third kappa shape index (κ3) is 6.11. The van der Waals surface area contributed by atoms with E-state index < -0.39 is 0 Å². The van der Waals surface area contributed by atoms with Crippen molar-refractivity contribution in [2.45, 2.75) is 6.61 Å². The molecule has 0 amide bonds. The number of fused-ring (bicyclic) bond motifs is 2. The summed E-state index contributed by atoms with van der Waals surface area (Å²) >= 11 is 0. The van der Waals surface area contributed by atoms with Gasteiger partial charge in [0.25, 0.3) is 0 Å². The Labute approximate surface area is 259 Å². The lowest BCUT2D eigenvalue weighted by Gasteiger charge is -2.12. The number of halogens is 1. The van der Waals surface area contributed by atoms with Crippen LogP contribution in [0.3, 0.4) is 0 Å². The maximum Gasteiger partial charge on any atom is 0.138 e. The molecule has 0 unspecified atom stereocenters. The minimum atomic E-state index is -0.345. The molecule has 8 nitrogen and oxygen atoms in total. The summed E-state index contributed by atoms with van der Waals surface area (Å²) in [5.74, 6) is 0.821. The number of ether oxygens (including phenoxy) is 2. The molecule has 0 atom stereocenters. The molecule has 0 aliphatic carbocycles. The van der Waals surface area contributed by atoms with Crippen LogP contribution in [0, 0.1) is 5.82 Å². The summed E-state index contributed by atoms with van der Waals surface area (Å²) in [6.45, 7) is 1.66. The van der Waals surface area contributed by atoms with Crippen molar-refractivity contribution >= 4 is 21.8 Å². The molecule has 4 heterocycles. The van der Waals surface area contributed by atoms with E-state index in [1.165, 1.54) is 12.1 Å². The Morgan fingerprint density at radius 1 is 0.778 bits per heavy atom. The average Bonchev–Trinajstić information content (AvgIpc) is 3.68. The number of hydrogen-bond acceptors (Lipinski definition) is 6. The third-order valence-corrected chi connectivity index (χ3v) is 7.61. The molecule has 0 saturated carbocycles. The van der Waals surface area contributed by atoms with Gasteiger partial charge in [0.2, 0.25) is 0 Å². The van der Waals surface area contributed by atoms with Gasteiger partial charge >= 0.3 is 0 Å². The lowest BCUT2D eigenvalue weighted by molar-refractivity contribution is 0.260. The van der Waals surface area contributed by atoms with Gasteiger partial charge in [0.15, 0.2) is 0 Å².